The van der Waals surface area contributed by atoms with Crippen LogP contribution in [-0.2, 0) is 6.42 Å². The van der Waals surface area contributed by atoms with E-state index in [9.17, 15) is 4.79 Å². The summed E-state index contributed by atoms with van der Waals surface area (Å²) in [6.45, 7) is 3.64. The normalized spacial score (nSPS) is 11.1. The number of nitrogens with one attached hydrogen (secondary N) is 2. The minimum atomic E-state index is 0. The molecule has 5 nitrogen and oxygen atoms in total. The van der Waals surface area contributed by atoms with Crippen molar-refractivity contribution in [1.29, 1.82) is 0 Å². The van der Waals surface area contributed by atoms with E-state index in [-0.39, 0.29) is 29.9 Å². The van der Waals surface area contributed by atoms with Gasteiger partial charge in [-0.2, -0.15) is 0 Å². The third-order valence-electron chi connectivity index (χ3n) is 3.35. The van der Waals surface area contributed by atoms with Crippen molar-refractivity contribution in [3.05, 3.63) is 47.5 Å². The highest BCUT2D eigenvalue weighted by Gasteiger charge is 2.08. The van der Waals surface area contributed by atoms with Crippen LogP contribution in [-0.4, -0.2) is 51.0 Å². The van der Waals surface area contributed by atoms with Gasteiger partial charge in [-0.1, -0.05) is 24.3 Å². The standard InChI is InChI=1S/C18H28N4O.HI/c1-5-6-7-12-20-18(19-2)21-13-11-15-9-8-10-16(14-15)17(23)22(3)4;/h5-6,8-10,14H,7,11-13H2,1-4H3,(H2,19,20,21);1H/b6-5+;. The first-order valence-electron chi connectivity index (χ1n) is 7.94. The largest absolute Gasteiger partial charge is 0.356 e. The number of hydrogen-bond acceptors (Lipinski definition) is 2. The van der Waals surface area contributed by atoms with Gasteiger partial charge in [0.25, 0.3) is 5.91 Å². The topological polar surface area (TPSA) is 56.7 Å². The second kappa shape index (κ2) is 12.8. The lowest BCUT2D eigenvalue weighted by Crippen LogP contribution is -2.38. The fourth-order valence-corrected chi connectivity index (χ4v) is 2.10. The summed E-state index contributed by atoms with van der Waals surface area (Å²) in [5, 5.41) is 6.55. The molecule has 24 heavy (non-hydrogen) atoms. The van der Waals surface area contributed by atoms with Gasteiger partial charge in [-0.3, -0.25) is 9.79 Å². The number of halogens is 1. The van der Waals surface area contributed by atoms with Crippen molar-refractivity contribution in [3.63, 3.8) is 0 Å². The van der Waals surface area contributed by atoms with E-state index in [0.717, 1.165) is 43.0 Å². The lowest BCUT2D eigenvalue weighted by atomic mass is 10.1. The first-order chi connectivity index (χ1) is 11.1. The van der Waals surface area contributed by atoms with E-state index in [1.165, 1.54) is 0 Å². The van der Waals surface area contributed by atoms with Crippen molar-refractivity contribution < 1.29 is 4.79 Å². The van der Waals surface area contributed by atoms with Gasteiger partial charge >= 0.3 is 0 Å². The molecule has 0 fully saturated rings. The molecule has 2 N–H and O–H groups in total. The molecule has 0 aliphatic heterocycles. The van der Waals surface area contributed by atoms with Gasteiger partial charge in [0.15, 0.2) is 5.96 Å². The lowest BCUT2D eigenvalue weighted by molar-refractivity contribution is 0.0827. The zero-order valence-corrected chi connectivity index (χ0v) is 17.3. The van der Waals surface area contributed by atoms with Gasteiger partial charge in [-0.05, 0) is 37.5 Å². The lowest BCUT2D eigenvalue weighted by Gasteiger charge is -2.13. The predicted octanol–water partition coefficient (Wildman–Crippen LogP) is 2.68. The molecule has 1 aromatic rings. The predicted molar refractivity (Wildman–Crippen MR) is 112 cm³/mol. The maximum absolute atomic E-state index is 12.0. The first kappa shape index (κ1) is 22.4. The van der Waals surface area contributed by atoms with Crippen molar-refractivity contribution in [2.75, 3.05) is 34.2 Å². The van der Waals surface area contributed by atoms with Gasteiger partial charge in [0.1, 0.15) is 0 Å². The van der Waals surface area contributed by atoms with Crippen LogP contribution in [0.5, 0.6) is 0 Å². The number of guanidine groups is 1. The highest BCUT2D eigenvalue weighted by molar-refractivity contribution is 14.0. The van der Waals surface area contributed by atoms with Crippen molar-refractivity contribution >= 4 is 35.8 Å². The Bertz CT molecular complexity index is 556. The Labute approximate surface area is 162 Å². The number of aliphatic imine (C=N–C) groups is 1. The molecule has 1 rings (SSSR count). The van der Waals surface area contributed by atoms with E-state index in [4.69, 9.17) is 0 Å². The summed E-state index contributed by atoms with van der Waals surface area (Å²) in [5.41, 5.74) is 1.86. The Morgan fingerprint density at radius 1 is 1.25 bits per heavy atom. The summed E-state index contributed by atoms with van der Waals surface area (Å²) >= 11 is 0. The average Bonchev–Trinajstić information content (AvgIpc) is 2.56. The molecule has 0 aliphatic carbocycles. The van der Waals surface area contributed by atoms with E-state index in [2.05, 4.69) is 21.7 Å². The zero-order valence-electron chi connectivity index (χ0n) is 15.0. The van der Waals surface area contributed by atoms with E-state index >= 15 is 0 Å². The second-order valence-corrected chi connectivity index (χ2v) is 5.43. The van der Waals surface area contributed by atoms with Crippen LogP contribution in [0.3, 0.4) is 0 Å². The second-order valence-electron chi connectivity index (χ2n) is 5.43. The van der Waals surface area contributed by atoms with E-state index < -0.39 is 0 Å². The summed E-state index contributed by atoms with van der Waals surface area (Å²) in [5.74, 6) is 0.830. The highest BCUT2D eigenvalue weighted by Crippen LogP contribution is 2.07. The number of nitrogens with zero attached hydrogens (tertiary/aromatic N) is 2. The fourth-order valence-electron chi connectivity index (χ4n) is 2.10. The molecule has 0 spiro atoms. The van der Waals surface area contributed by atoms with Crippen LogP contribution in [0.1, 0.15) is 29.3 Å². The minimum absolute atomic E-state index is 0. The van der Waals surface area contributed by atoms with Crippen molar-refractivity contribution in [2.24, 2.45) is 4.99 Å². The van der Waals surface area contributed by atoms with Gasteiger partial charge in [-0.15, -0.1) is 24.0 Å². The molecule has 0 unspecified atom stereocenters. The Morgan fingerprint density at radius 2 is 1.96 bits per heavy atom. The molecule has 0 bridgehead atoms. The van der Waals surface area contributed by atoms with Gasteiger partial charge in [0.05, 0.1) is 0 Å². The molecular formula is C18H29IN4O. The number of allylic oxidation sites excluding steroid dienone is 1. The molecular weight excluding hydrogens is 415 g/mol. The molecule has 0 aromatic heterocycles. The highest BCUT2D eigenvalue weighted by atomic mass is 127. The molecule has 0 radical (unpaired) electrons. The van der Waals surface area contributed by atoms with Crippen LogP contribution < -0.4 is 10.6 Å². The Hall–Kier alpha value is -1.57. The Balaban J connectivity index is 0.00000529. The molecule has 1 amide bonds. The molecule has 1 aromatic carbocycles. The Morgan fingerprint density at radius 3 is 2.58 bits per heavy atom. The number of carbonyl (C=O) groups excluding carboxylic acids is 1. The van der Waals surface area contributed by atoms with Gasteiger partial charge < -0.3 is 15.5 Å². The summed E-state index contributed by atoms with van der Waals surface area (Å²) in [7, 11) is 5.29. The maximum Gasteiger partial charge on any atom is 0.253 e. The zero-order chi connectivity index (χ0) is 17.1. The number of amides is 1. The molecule has 134 valence electrons. The van der Waals surface area contributed by atoms with Crippen LogP contribution in [0.4, 0.5) is 0 Å². The molecule has 0 saturated heterocycles. The van der Waals surface area contributed by atoms with Crippen LogP contribution in [0.2, 0.25) is 0 Å². The number of rotatable bonds is 7. The quantitative estimate of drug-likeness (QED) is 0.224. The summed E-state index contributed by atoms with van der Waals surface area (Å²) in [4.78, 5) is 17.8. The van der Waals surface area contributed by atoms with E-state index in [0.29, 0.717) is 0 Å². The van der Waals surface area contributed by atoms with Crippen molar-refractivity contribution in [1.82, 2.24) is 15.5 Å². The SMILES string of the molecule is C/C=C/CCNC(=NC)NCCc1cccc(C(=O)N(C)C)c1.I. The van der Waals surface area contributed by atoms with Crippen molar-refractivity contribution in [2.45, 2.75) is 19.8 Å². The summed E-state index contributed by atoms with van der Waals surface area (Å²) < 4.78 is 0. The van der Waals surface area contributed by atoms with E-state index in [1.54, 1.807) is 26.0 Å². The fraction of sp³-hybridized carbons (Fsp3) is 0.444. The number of benzene rings is 1. The molecule has 0 heterocycles. The molecule has 0 saturated carbocycles. The van der Waals surface area contributed by atoms with Crippen molar-refractivity contribution in [3.8, 4) is 0 Å². The van der Waals surface area contributed by atoms with Gasteiger partial charge in [0.2, 0.25) is 0 Å². The molecule has 6 heteroatoms. The third kappa shape index (κ3) is 8.33. The molecule has 0 aliphatic rings. The Kier molecular flexibility index (Phi) is 12.0. The third-order valence-corrected chi connectivity index (χ3v) is 3.35. The van der Waals surface area contributed by atoms with Crippen LogP contribution in [0, 0.1) is 0 Å². The summed E-state index contributed by atoms with van der Waals surface area (Å²) in [6.07, 6.45) is 5.98. The summed E-state index contributed by atoms with van der Waals surface area (Å²) in [6, 6.07) is 7.76. The first-order valence-corrected chi connectivity index (χ1v) is 7.94. The maximum atomic E-state index is 12.0. The minimum Gasteiger partial charge on any atom is -0.356 e. The average molecular weight is 444 g/mol. The van der Waals surface area contributed by atoms with Crippen LogP contribution in [0.15, 0.2) is 41.4 Å². The van der Waals surface area contributed by atoms with E-state index in [1.807, 2.05) is 37.3 Å². The monoisotopic (exact) mass is 444 g/mol. The van der Waals surface area contributed by atoms with Gasteiger partial charge in [0, 0.05) is 39.8 Å². The number of hydrogen-bond donors (Lipinski definition) is 2. The number of carbonyl (C=O) groups is 1. The molecule has 0 atom stereocenters. The van der Waals surface area contributed by atoms with Crippen LogP contribution >= 0.6 is 24.0 Å². The smallest absolute Gasteiger partial charge is 0.253 e. The van der Waals surface area contributed by atoms with Gasteiger partial charge in [-0.25, -0.2) is 0 Å². The van der Waals surface area contributed by atoms with Crippen LogP contribution in [0.25, 0.3) is 0 Å².